The summed E-state index contributed by atoms with van der Waals surface area (Å²) in [5, 5.41) is 5.95. The molecule has 0 aliphatic rings. The number of amides is 2. The molecule has 2 amide bonds. The van der Waals surface area contributed by atoms with Gasteiger partial charge in [0.1, 0.15) is 0 Å². The Hall–Kier alpha value is -2.86. The molecule has 0 spiro atoms. The quantitative estimate of drug-likeness (QED) is 0.681. The van der Waals surface area contributed by atoms with Crippen LogP contribution in [0.1, 0.15) is 29.5 Å². The minimum atomic E-state index is -0.617. The first-order valence-corrected chi connectivity index (χ1v) is 9.21. The fraction of sp³-hybridized carbons (Fsp3) is 0.286. The van der Waals surface area contributed by atoms with E-state index in [0.29, 0.717) is 16.4 Å². The second-order valence-corrected chi connectivity index (χ2v) is 6.90. The number of esters is 1. The van der Waals surface area contributed by atoms with Gasteiger partial charge < -0.3 is 15.4 Å². The number of para-hydroxylation sites is 1. The molecule has 0 fully saturated rings. The third-order valence-corrected chi connectivity index (χ3v) is 4.53. The molecule has 28 heavy (non-hydrogen) atoms. The molecule has 0 atom stereocenters. The molecule has 2 rings (SSSR count). The van der Waals surface area contributed by atoms with E-state index in [1.165, 1.54) is 0 Å². The Kier molecular flexibility index (Phi) is 7.58. The topological polar surface area (TPSA) is 84.5 Å². The van der Waals surface area contributed by atoms with Gasteiger partial charge in [-0.15, -0.1) is 0 Å². The molecule has 0 saturated carbocycles. The number of aryl methyl sites for hydroxylation is 3. The van der Waals surface area contributed by atoms with Crippen molar-refractivity contribution in [1.29, 1.82) is 0 Å². The van der Waals surface area contributed by atoms with Crippen LogP contribution in [0.4, 0.5) is 11.4 Å². The monoisotopic (exact) mass is 402 g/mol. The van der Waals surface area contributed by atoms with E-state index in [-0.39, 0.29) is 18.7 Å². The van der Waals surface area contributed by atoms with Gasteiger partial charge in [-0.1, -0.05) is 35.9 Å². The average molecular weight is 403 g/mol. The molecular formula is C21H23ClN2O4. The van der Waals surface area contributed by atoms with E-state index in [4.69, 9.17) is 16.3 Å². The predicted octanol–water partition coefficient (Wildman–Crippen LogP) is 4.17. The molecule has 2 aromatic carbocycles. The minimum absolute atomic E-state index is 0.0527. The first kappa shape index (κ1) is 21.4. The van der Waals surface area contributed by atoms with Crippen molar-refractivity contribution in [2.24, 2.45) is 0 Å². The largest absolute Gasteiger partial charge is 0.456 e. The number of ether oxygens (including phenoxy) is 1. The third-order valence-electron chi connectivity index (χ3n) is 4.12. The van der Waals surface area contributed by atoms with Gasteiger partial charge in [0, 0.05) is 22.8 Å². The maximum Gasteiger partial charge on any atom is 0.306 e. The molecule has 2 aromatic rings. The molecule has 0 aliphatic carbocycles. The number of nitrogens with one attached hydrogen (secondary N) is 2. The molecule has 0 aliphatic heterocycles. The molecule has 2 N–H and O–H groups in total. The van der Waals surface area contributed by atoms with Crippen LogP contribution in [0, 0.1) is 20.8 Å². The summed E-state index contributed by atoms with van der Waals surface area (Å²) in [6.45, 7) is 5.23. The highest BCUT2D eigenvalue weighted by atomic mass is 35.5. The van der Waals surface area contributed by atoms with Crippen LogP contribution in [0.25, 0.3) is 0 Å². The van der Waals surface area contributed by atoms with Gasteiger partial charge in [0.25, 0.3) is 5.91 Å². The van der Waals surface area contributed by atoms with Gasteiger partial charge in [0.05, 0.1) is 6.42 Å². The normalized spacial score (nSPS) is 10.3. The van der Waals surface area contributed by atoms with Crippen molar-refractivity contribution in [1.82, 2.24) is 0 Å². The van der Waals surface area contributed by atoms with Crippen molar-refractivity contribution in [3.63, 3.8) is 0 Å². The Morgan fingerprint density at radius 2 is 1.57 bits per heavy atom. The second-order valence-electron chi connectivity index (χ2n) is 6.49. The van der Waals surface area contributed by atoms with Gasteiger partial charge in [-0.2, -0.15) is 0 Å². The molecule has 0 aromatic heterocycles. The maximum atomic E-state index is 12.0. The summed E-state index contributed by atoms with van der Waals surface area (Å²) in [7, 11) is 0. The number of rotatable bonds is 7. The third kappa shape index (κ3) is 6.39. The number of carbonyl (C=O) groups is 3. The summed E-state index contributed by atoms with van der Waals surface area (Å²) >= 11 is 6.01. The fourth-order valence-electron chi connectivity index (χ4n) is 2.52. The number of hydrogen-bond acceptors (Lipinski definition) is 4. The van der Waals surface area contributed by atoms with Crippen molar-refractivity contribution in [3.05, 3.63) is 58.1 Å². The van der Waals surface area contributed by atoms with Crippen LogP contribution >= 0.6 is 11.6 Å². The lowest BCUT2D eigenvalue weighted by molar-refractivity contribution is -0.147. The number of benzene rings is 2. The Morgan fingerprint density at radius 1 is 0.893 bits per heavy atom. The molecular weight excluding hydrogens is 380 g/mol. The van der Waals surface area contributed by atoms with E-state index >= 15 is 0 Å². The molecule has 7 heteroatoms. The highest BCUT2D eigenvalue weighted by Gasteiger charge is 2.12. The van der Waals surface area contributed by atoms with E-state index in [2.05, 4.69) is 10.6 Å². The van der Waals surface area contributed by atoms with Gasteiger partial charge in [0.2, 0.25) is 5.91 Å². The highest BCUT2D eigenvalue weighted by molar-refractivity contribution is 6.31. The minimum Gasteiger partial charge on any atom is -0.456 e. The lowest BCUT2D eigenvalue weighted by atomic mass is 10.1. The van der Waals surface area contributed by atoms with E-state index in [1.807, 2.05) is 39.0 Å². The molecule has 0 bridgehead atoms. The van der Waals surface area contributed by atoms with Crippen molar-refractivity contribution >= 4 is 40.8 Å². The Bertz CT molecular complexity index is 876. The van der Waals surface area contributed by atoms with Crippen LogP contribution in [0.5, 0.6) is 0 Å². The fourth-order valence-corrected chi connectivity index (χ4v) is 2.70. The molecule has 0 saturated heterocycles. The van der Waals surface area contributed by atoms with Crippen LogP contribution < -0.4 is 10.6 Å². The first-order valence-electron chi connectivity index (χ1n) is 8.84. The zero-order valence-corrected chi connectivity index (χ0v) is 16.9. The van der Waals surface area contributed by atoms with Crippen LogP contribution in [0.15, 0.2) is 36.4 Å². The number of hydrogen-bond donors (Lipinski definition) is 2. The van der Waals surface area contributed by atoms with Crippen LogP contribution in [-0.2, 0) is 19.1 Å². The lowest BCUT2D eigenvalue weighted by Gasteiger charge is -2.11. The molecule has 6 nitrogen and oxygen atoms in total. The van der Waals surface area contributed by atoms with E-state index in [9.17, 15) is 14.4 Å². The summed E-state index contributed by atoms with van der Waals surface area (Å²) < 4.78 is 4.94. The summed E-state index contributed by atoms with van der Waals surface area (Å²) in [6.07, 6.45) is -0.176. The number of halogens is 1. The van der Waals surface area contributed by atoms with E-state index < -0.39 is 18.5 Å². The number of carbonyl (C=O) groups excluding carboxylic acids is 3. The maximum absolute atomic E-state index is 12.0. The van der Waals surface area contributed by atoms with Crippen molar-refractivity contribution < 1.29 is 19.1 Å². The van der Waals surface area contributed by atoms with E-state index in [1.54, 1.807) is 18.2 Å². The van der Waals surface area contributed by atoms with Crippen molar-refractivity contribution in [2.45, 2.75) is 33.6 Å². The Labute approximate surface area is 169 Å². The zero-order valence-electron chi connectivity index (χ0n) is 16.1. The molecule has 0 unspecified atom stereocenters. The summed E-state index contributed by atoms with van der Waals surface area (Å²) in [5.74, 6) is -1.38. The van der Waals surface area contributed by atoms with Crippen LogP contribution in [0.2, 0.25) is 5.02 Å². The SMILES string of the molecule is Cc1ccc(NC(=O)CCC(=O)OCC(=O)Nc2c(C)cccc2C)cc1Cl. The van der Waals surface area contributed by atoms with Crippen molar-refractivity contribution in [3.8, 4) is 0 Å². The van der Waals surface area contributed by atoms with Gasteiger partial charge >= 0.3 is 5.97 Å². The molecule has 0 radical (unpaired) electrons. The summed E-state index contributed by atoms with van der Waals surface area (Å²) in [6, 6.07) is 10.8. The van der Waals surface area contributed by atoms with Gasteiger partial charge in [-0.25, -0.2) is 0 Å². The summed E-state index contributed by atoms with van der Waals surface area (Å²) in [5.41, 5.74) is 4.02. The molecule has 148 valence electrons. The summed E-state index contributed by atoms with van der Waals surface area (Å²) in [4.78, 5) is 35.7. The predicted molar refractivity (Wildman–Crippen MR) is 110 cm³/mol. The lowest BCUT2D eigenvalue weighted by Crippen LogP contribution is -2.22. The Balaban J connectivity index is 1.74. The second kappa shape index (κ2) is 9.90. The van der Waals surface area contributed by atoms with Crippen molar-refractivity contribution in [2.75, 3.05) is 17.2 Å². The zero-order chi connectivity index (χ0) is 20.7. The Morgan fingerprint density at radius 3 is 2.21 bits per heavy atom. The highest BCUT2D eigenvalue weighted by Crippen LogP contribution is 2.20. The number of anilines is 2. The van der Waals surface area contributed by atoms with Crippen LogP contribution in [-0.4, -0.2) is 24.4 Å². The van der Waals surface area contributed by atoms with Gasteiger partial charge in [-0.05, 0) is 49.6 Å². The first-order chi connectivity index (χ1) is 13.3. The standard InChI is InChI=1S/C21H23ClN2O4/c1-13-7-8-16(11-17(13)22)23-18(25)9-10-20(27)28-12-19(26)24-21-14(2)5-4-6-15(21)3/h4-8,11H,9-10,12H2,1-3H3,(H,23,25)(H,24,26). The van der Waals surface area contributed by atoms with Gasteiger partial charge in [-0.3, -0.25) is 14.4 Å². The van der Waals surface area contributed by atoms with Crippen LogP contribution in [0.3, 0.4) is 0 Å². The van der Waals surface area contributed by atoms with E-state index in [0.717, 1.165) is 16.7 Å². The average Bonchev–Trinajstić information content (AvgIpc) is 2.64. The molecule has 0 heterocycles. The van der Waals surface area contributed by atoms with Gasteiger partial charge in [0.15, 0.2) is 6.61 Å². The smallest absolute Gasteiger partial charge is 0.306 e.